The van der Waals surface area contributed by atoms with Gasteiger partial charge < -0.3 is 8.83 Å². The summed E-state index contributed by atoms with van der Waals surface area (Å²) in [5.41, 5.74) is 2.81. The van der Waals surface area contributed by atoms with Crippen LogP contribution in [0.2, 0.25) is 0 Å². The molecule has 0 amide bonds. The van der Waals surface area contributed by atoms with Gasteiger partial charge in [-0.25, -0.2) is 4.79 Å². The van der Waals surface area contributed by atoms with Gasteiger partial charge in [0.05, 0.1) is 4.47 Å². The predicted octanol–water partition coefficient (Wildman–Crippen LogP) is 4.23. The van der Waals surface area contributed by atoms with Crippen molar-refractivity contribution >= 4 is 37.9 Å². The van der Waals surface area contributed by atoms with E-state index >= 15 is 0 Å². The van der Waals surface area contributed by atoms with Crippen LogP contribution in [0.3, 0.4) is 0 Å². The molecule has 4 heteroatoms. The quantitative estimate of drug-likeness (QED) is 0.584. The summed E-state index contributed by atoms with van der Waals surface area (Å²) in [6.45, 7) is 5.71. The molecule has 92 valence electrons. The molecule has 0 atom stereocenters. The number of halogens is 1. The van der Waals surface area contributed by atoms with E-state index in [0.717, 1.165) is 37.7 Å². The van der Waals surface area contributed by atoms with Crippen LogP contribution in [0.4, 0.5) is 0 Å². The van der Waals surface area contributed by atoms with Crippen LogP contribution in [0, 0.1) is 20.8 Å². The van der Waals surface area contributed by atoms with Crippen molar-refractivity contribution in [2.45, 2.75) is 20.8 Å². The zero-order chi connectivity index (χ0) is 13.0. The normalized spacial score (nSPS) is 11.6. The third kappa shape index (κ3) is 1.45. The first kappa shape index (κ1) is 11.5. The van der Waals surface area contributed by atoms with Crippen molar-refractivity contribution in [2.75, 3.05) is 0 Å². The zero-order valence-electron chi connectivity index (χ0n) is 10.3. The molecule has 0 radical (unpaired) electrons. The molecule has 0 aliphatic rings. The van der Waals surface area contributed by atoms with Gasteiger partial charge in [-0.3, -0.25) is 0 Å². The lowest BCUT2D eigenvalue weighted by atomic mass is 10.1. The number of fused-ring (bicyclic) bond motifs is 2. The van der Waals surface area contributed by atoms with Crippen LogP contribution in [0.1, 0.15) is 16.9 Å². The Morgan fingerprint density at radius 2 is 1.67 bits per heavy atom. The van der Waals surface area contributed by atoms with Crippen molar-refractivity contribution < 1.29 is 8.83 Å². The van der Waals surface area contributed by atoms with Crippen LogP contribution in [-0.4, -0.2) is 0 Å². The van der Waals surface area contributed by atoms with Gasteiger partial charge in [-0.15, -0.1) is 0 Å². The highest BCUT2D eigenvalue weighted by Crippen LogP contribution is 2.36. The number of benzene rings is 1. The first-order valence-electron chi connectivity index (χ1n) is 5.61. The molecule has 0 bridgehead atoms. The molecular formula is C14H11BrO3. The Hall–Kier alpha value is -1.55. The fourth-order valence-electron chi connectivity index (χ4n) is 2.27. The third-order valence-corrected chi connectivity index (χ3v) is 4.21. The van der Waals surface area contributed by atoms with Crippen LogP contribution in [0.15, 0.2) is 30.2 Å². The summed E-state index contributed by atoms with van der Waals surface area (Å²) in [5, 5.41) is 1.95. The molecule has 0 aliphatic carbocycles. The Balaban J connectivity index is 2.64. The van der Waals surface area contributed by atoms with Gasteiger partial charge in [-0.05, 0) is 48.3 Å². The van der Waals surface area contributed by atoms with E-state index in [1.807, 2.05) is 26.8 Å². The summed E-state index contributed by atoms with van der Waals surface area (Å²) in [6.07, 6.45) is 0. The SMILES string of the molecule is Cc1oc2c(C)c3oc(=O)cc(C)c3cc2c1Br. The highest BCUT2D eigenvalue weighted by molar-refractivity contribution is 9.10. The molecule has 0 fully saturated rings. The van der Waals surface area contributed by atoms with E-state index in [4.69, 9.17) is 8.83 Å². The number of hydrogen-bond donors (Lipinski definition) is 0. The second kappa shape index (κ2) is 3.72. The monoisotopic (exact) mass is 306 g/mol. The highest BCUT2D eigenvalue weighted by atomic mass is 79.9. The van der Waals surface area contributed by atoms with E-state index in [1.54, 1.807) is 0 Å². The molecule has 2 aromatic heterocycles. The molecule has 3 rings (SSSR count). The fourth-order valence-corrected chi connectivity index (χ4v) is 2.65. The molecule has 0 saturated carbocycles. The van der Waals surface area contributed by atoms with Crippen molar-refractivity contribution in [1.82, 2.24) is 0 Å². The average Bonchev–Trinajstić information content (AvgIpc) is 2.59. The van der Waals surface area contributed by atoms with Gasteiger partial charge in [0, 0.05) is 22.4 Å². The fraction of sp³-hybridized carbons (Fsp3) is 0.214. The van der Waals surface area contributed by atoms with Crippen molar-refractivity contribution in [2.24, 2.45) is 0 Å². The van der Waals surface area contributed by atoms with E-state index in [2.05, 4.69) is 15.9 Å². The standard InChI is InChI=1S/C14H11BrO3/c1-6-4-11(16)18-13-7(2)14-10(5-9(6)13)12(15)8(3)17-14/h4-5H,1-3H3. The van der Waals surface area contributed by atoms with Gasteiger partial charge in [0.1, 0.15) is 16.9 Å². The van der Waals surface area contributed by atoms with Crippen molar-refractivity contribution in [3.05, 3.63) is 43.9 Å². The van der Waals surface area contributed by atoms with Crippen LogP contribution >= 0.6 is 15.9 Å². The molecule has 0 saturated heterocycles. The van der Waals surface area contributed by atoms with Gasteiger partial charge in [0.2, 0.25) is 0 Å². The molecule has 18 heavy (non-hydrogen) atoms. The summed E-state index contributed by atoms with van der Waals surface area (Å²) in [6, 6.07) is 3.50. The second-order valence-corrected chi connectivity index (χ2v) is 5.27. The first-order chi connectivity index (χ1) is 8.49. The number of aryl methyl sites for hydroxylation is 3. The van der Waals surface area contributed by atoms with Gasteiger partial charge >= 0.3 is 5.63 Å². The predicted molar refractivity (Wildman–Crippen MR) is 74.2 cm³/mol. The minimum absolute atomic E-state index is 0.329. The summed E-state index contributed by atoms with van der Waals surface area (Å²) >= 11 is 3.52. The van der Waals surface area contributed by atoms with E-state index in [1.165, 1.54) is 6.07 Å². The third-order valence-electron chi connectivity index (χ3n) is 3.22. The molecular weight excluding hydrogens is 296 g/mol. The van der Waals surface area contributed by atoms with E-state index in [-0.39, 0.29) is 5.63 Å². The van der Waals surface area contributed by atoms with Gasteiger partial charge in [-0.1, -0.05) is 0 Å². The van der Waals surface area contributed by atoms with E-state index in [9.17, 15) is 4.79 Å². The summed E-state index contributed by atoms with van der Waals surface area (Å²) in [7, 11) is 0. The number of hydrogen-bond acceptors (Lipinski definition) is 3. The maximum Gasteiger partial charge on any atom is 0.336 e. The molecule has 1 aromatic carbocycles. The van der Waals surface area contributed by atoms with Gasteiger partial charge in [0.15, 0.2) is 0 Å². The second-order valence-electron chi connectivity index (χ2n) is 4.48. The zero-order valence-corrected chi connectivity index (χ0v) is 11.8. The van der Waals surface area contributed by atoms with Crippen LogP contribution in [0.5, 0.6) is 0 Å². The highest BCUT2D eigenvalue weighted by Gasteiger charge is 2.16. The Kier molecular flexibility index (Phi) is 2.38. The Bertz CT molecular complexity index is 840. The summed E-state index contributed by atoms with van der Waals surface area (Å²) in [4.78, 5) is 11.5. The molecule has 0 aliphatic heterocycles. The van der Waals surface area contributed by atoms with Gasteiger partial charge in [0.25, 0.3) is 0 Å². The van der Waals surface area contributed by atoms with E-state index < -0.39 is 0 Å². The Morgan fingerprint density at radius 3 is 2.39 bits per heavy atom. The largest absolute Gasteiger partial charge is 0.460 e. The van der Waals surface area contributed by atoms with Gasteiger partial charge in [-0.2, -0.15) is 0 Å². The number of rotatable bonds is 0. The molecule has 0 spiro atoms. The lowest BCUT2D eigenvalue weighted by Crippen LogP contribution is -1.98. The molecule has 2 heterocycles. The minimum atomic E-state index is -0.329. The average molecular weight is 307 g/mol. The maximum atomic E-state index is 11.5. The van der Waals surface area contributed by atoms with Crippen LogP contribution in [-0.2, 0) is 0 Å². The van der Waals surface area contributed by atoms with Crippen molar-refractivity contribution in [1.29, 1.82) is 0 Å². The van der Waals surface area contributed by atoms with Crippen LogP contribution in [0.25, 0.3) is 21.9 Å². The van der Waals surface area contributed by atoms with E-state index in [0.29, 0.717) is 5.58 Å². The molecule has 3 nitrogen and oxygen atoms in total. The first-order valence-corrected chi connectivity index (χ1v) is 6.41. The lowest BCUT2D eigenvalue weighted by Gasteiger charge is -2.04. The topological polar surface area (TPSA) is 43.4 Å². The lowest BCUT2D eigenvalue weighted by molar-refractivity contribution is 0.551. The summed E-state index contributed by atoms with van der Waals surface area (Å²) < 4.78 is 12.0. The Morgan fingerprint density at radius 1 is 1.00 bits per heavy atom. The minimum Gasteiger partial charge on any atom is -0.460 e. The molecule has 0 N–H and O–H groups in total. The molecule has 0 unspecified atom stereocenters. The molecule has 3 aromatic rings. The number of furan rings is 1. The van der Waals surface area contributed by atoms with Crippen molar-refractivity contribution in [3.8, 4) is 0 Å². The maximum absolute atomic E-state index is 11.5. The smallest absolute Gasteiger partial charge is 0.336 e. The Labute approximate surface area is 112 Å². The summed E-state index contributed by atoms with van der Waals surface area (Å²) in [5.74, 6) is 0.823. The van der Waals surface area contributed by atoms with Crippen LogP contribution < -0.4 is 5.63 Å². The van der Waals surface area contributed by atoms with Crippen molar-refractivity contribution in [3.63, 3.8) is 0 Å².